The summed E-state index contributed by atoms with van der Waals surface area (Å²) < 4.78 is 28.0. The second-order valence-electron chi connectivity index (χ2n) is 7.60. The zero-order chi connectivity index (χ0) is 18.8. The van der Waals surface area contributed by atoms with Crippen LogP contribution in [0.25, 0.3) is 0 Å². The Morgan fingerprint density at radius 3 is 2.42 bits per heavy atom. The molecular formula is C17H20ClF2N3O3. The van der Waals surface area contributed by atoms with Crippen molar-refractivity contribution < 1.29 is 23.8 Å². The van der Waals surface area contributed by atoms with Gasteiger partial charge in [0.2, 0.25) is 0 Å². The molecule has 0 aromatic carbocycles. The molecule has 3 heterocycles. The summed E-state index contributed by atoms with van der Waals surface area (Å²) in [6.45, 7) is 2.71. The maximum atomic E-state index is 14.0. The third-order valence-corrected chi connectivity index (χ3v) is 6.02. The molecule has 6 nitrogen and oxygen atoms in total. The number of hydrogen-bond donors (Lipinski definition) is 2. The lowest BCUT2D eigenvalue weighted by Gasteiger charge is -2.38. The van der Waals surface area contributed by atoms with Gasteiger partial charge in [0.25, 0.3) is 5.92 Å². The zero-order valence-electron chi connectivity index (χ0n) is 14.2. The van der Waals surface area contributed by atoms with Gasteiger partial charge >= 0.3 is 5.97 Å². The number of carboxylic acid groups (broad SMARTS) is 1. The SMILES string of the molecule is CC(F)(F)c1nc(N2CC(O)C2)cc(N2CC3C(CC(=O)O)C3C2)c1Cl. The minimum atomic E-state index is -3.18. The van der Waals surface area contributed by atoms with E-state index in [1.807, 2.05) is 4.90 Å². The number of aliphatic hydroxyl groups is 1. The predicted molar refractivity (Wildman–Crippen MR) is 92.0 cm³/mol. The molecule has 2 N–H and O–H groups in total. The molecule has 0 amide bonds. The van der Waals surface area contributed by atoms with Crippen LogP contribution in [0.15, 0.2) is 6.07 Å². The predicted octanol–water partition coefficient (Wildman–Crippen LogP) is 2.18. The number of rotatable bonds is 5. The summed E-state index contributed by atoms with van der Waals surface area (Å²) in [5.74, 6) is -2.88. The molecule has 142 valence electrons. The molecular weight excluding hydrogens is 368 g/mol. The molecule has 1 saturated carbocycles. The highest BCUT2D eigenvalue weighted by atomic mass is 35.5. The van der Waals surface area contributed by atoms with E-state index >= 15 is 0 Å². The number of hydrogen-bond acceptors (Lipinski definition) is 5. The molecule has 3 aliphatic rings. The number of carbonyl (C=O) groups is 1. The fourth-order valence-corrected chi connectivity index (χ4v) is 4.56. The van der Waals surface area contributed by atoms with E-state index in [0.29, 0.717) is 37.7 Å². The Hall–Kier alpha value is -1.67. The lowest BCUT2D eigenvalue weighted by Crippen LogP contribution is -2.51. The Kier molecular flexibility index (Phi) is 4.04. The summed E-state index contributed by atoms with van der Waals surface area (Å²) in [6, 6.07) is 1.69. The molecule has 2 atom stereocenters. The van der Waals surface area contributed by atoms with Gasteiger partial charge in [-0.15, -0.1) is 0 Å². The fourth-order valence-electron chi connectivity index (χ4n) is 4.18. The summed E-state index contributed by atoms with van der Waals surface area (Å²) in [6.07, 6.45) is -0.319. The molecule has 2 unspecified atom stereocenters. The molecule has 3 fully saturated rings. The van der Waals surface area contributed by atoms with E-state index in [-0.39, 0.29) is 29.2 Å². The van der Waals surface area contributed by atoms with Crippen LogP contribution in [0.4, 0.5) is 20.3 Å². The molecule has 2 aliphatic heterocycles. The van der Waals surface area contributed by atoms with Gasteiger partial charge in [-0.1, -0.05) is 11.6 Å². The lowest BCUT2D eigenvalue weighted by molar-refractivity contribution is -0.137. The highest BCUT2D eigenvalue weighted by molar-refractivity contribution is 6.34. The Balaban J connectivity index is 1.60. The number of halogens is 3. The standard InChI is InChI=1S/C17H20ClF2N3O3/c1-17(19,20)16-15(18)12(3-13(21-16)23-4-8(24)5-23)22-6-10-9(2-14(25)26)11(10)7-22/h3,8-11,24H,2,4-7H2,1H3,(H,25,26). The van der Waals surface area contributed by atoms with Gasteiger partial charge in [-0.3, -0.25) is 4.79 Å². The largest absolute Gasteiger partial charge is 0.481 e. The quantitative estimate of drug-likeness (QED) is 0.806. The zero-order valence-corrected chi connectivity index (χ0v) is 15.0. The first-order chi connectivity index (χ1) is 12.1. The number of aliphatic hydroxyl groups excluding tert-OH is 1. The minimum Gasteiger partial charge on any atom is -0.481 e. The summed E-state index contributed by atoms with van der Waals surface area (Å²) in [7, 11) is 0. The van der Waals surface area contributed by atoms with Crippen molar-refractivity contribution in [3.05, 3.63) is 16.8 Å². The van der Waals surface area contributed by atoms with Crippen molar-refractivity contribution >= 4 is 29.1 Å². The van der Waals surface area contributed by atoms with Crippen molar-refractivity contribution in [2.75, 3.05) is 36.0 Å². The summed E-state index contributed by atoms with van der Waals surface area (Å²) >= 11 is 6.28. The van der Waals surface area contributed by atoms with Gasteiger partial charge in [0.05, 0.1) is 16.8 Å². The van der Waals surface area contributed by atoms with Crippen molar-refractivity contribution in [1.82, 2.24) is 4.98 Å². The smallest absolute Gasteiger partial charge is 0.303 e. The summed E-state index contributed by atoms with van der Waals surface area (Å²) in [5.41, 5.74) is 0.0478. The fraction of sp³-hybridized carbons (Fsp3) is 0.647. The third kappa shape index (κ3) is 2.99. The van der Waals surface area contributed by atoms with Gasteiger partial charge in [0.1, 0.15) is 11.5 Å². The summed E-state index contributed by atoms with van der Waals surface area (Å²) in [5, 5.41) is 18.4. The lowest BCUT2D eigenvalue weighted by atomic mass is 10.1. The van der Waals surface area contributed by atoms with Crippen LogP contribution in [0.5, 0.6) is 0 Å². The molecule has 9 heteroatoms. The second-order valence-corrected chi connectivity index (χ2v) is 7.98. The van der Waals surface area contributed by atoms with Crippen molar-refractivity contribution in [2.45, 2.75) is 25.4 Å². The topological polar surface area (TPSA) is 76.9 Å². The van der Waals surface area contributed by atoms with Crippen LogP contribution in [-0.2, 0) is 10.7 Å². The molecule has 0 spiro atoms. The Labute approximate surface area is 154 Å². The maximum Gasteiger partial charge on any atom is 0.303 e. The van der Waals surface area contributed by atoms with Gasteiger partial charge in [-0.05, 0) is 17.8 Å². The Morgan fingerprint density at radius 1 is 1.31 bits per heavy atom. The molecule has 0 radical (unpaired) electrons. The molecule has 4 rings (SSSR count). The van der Waals surface area contributed by atoms with E-state index in [2.05, 4.69) is 4.98 Å². The van der Waals surface area contributed by atoms with E-state index in [9.17, 15) is 18.7 Å². The van der Waals surface area contributed by atoms with E-state index in [0.717, 1.165) is 6.92 Å². The monoisotopic (exact) mass is 387 g/mol. The van der Waals surface area contributed by atoms with Gasteiger partial charge in [0.15, 0.2) is 0 Å². The number of alkyl halides is 2. The highest BCUT2D eigenvalue weighted by Crippen LogP contribution is 2.55. The number of β-amino-alcohol motifs (C(OH)–C–C–N with tert-alkyl or cyclic N) is 1. The second kappa shape index (κ2) is 5.92. The molecule has 0 bridgehead atoms. The number of fused-ring (bicyclic) bond motifs is 1. The van der Waals surface area contributed by atoms with Crippen molar-refractivity contribution in [2.24, 2.45) is 17.8 Å². The Bertz CT molecular complexity index is 740. The van der Waals surface area contributed by atoms with Crippen molar-refractivity contribution in [3.63, 3.8) is 0 Å². The van der Waals surface area contributed by atoms with E-state index < -0.39 is 23.7 Å². The van der Waals surface area contributed by atoms with Crippen LogP contribution in [0.1, 0.15) is 19.0 Å². The number of pyridine rings is 1. The van der Waals surface area contributed by atoms with Gasteiger partial charge in [0, 0.05) is 45.6 Å². The number of piperidine rings is 1. The van der Waals surface area contributed by atoms with Crippen LogP contribution in [0, 0.1) is 17.8 Å². The first-order valence-electron chi connectivity index (χ1n) is 8.63. The number of aliphatic carboxylic acids is 1. The van der Waals surface area contributed by atoms with Crippen LogP contribution in [0.2, 0.25) is 5.02 Å². The van der Waals surface area contributed by atoms with Crippen LogP contribution >= 0.6 is 11.6 Å². The number of aromatic nitrogens is 1. The van der Waals surface area contributed by atoms with Crippen molar-refractivity contribution in [3.8, 4) is 0 Å². The minimum absolute atomic E-state index is 0.0570. The summed E-state index contributed by atoms with van der Waals surface area (Å²) in [4.78, 5) is 18.6. The molecule has 2 saturated heterocycles. The highest BCUT2D eigenvalue weighted by Gasteiger charge is 2.56. The first kappa shape index (κ1) is 17.7. The number of anilines is 2. The van der Waals surface area contributed by atoms with Crippen LogP contribution < -0.4 is 9.80 Å². The first-order valence-corrected chi connectivity index (χ1v) is 9.01. The third-order valence-electron chi connectivity index (χ3n) is 5.65. The van der Waals surface area contributed by atoms with Gasteiger partial charge < -0.3 is 20.0 Å². The van der Waals surface area contributed by atoms with Crippen LogP contribution in [0.3, 0.4) is 0 Å². The Morgan fingerprint density at radius 2 is 1.92 bits per heavy atom. The van der Waals surface area contributed by atoms with Crippen molar-refractivity contribution in [1.29, 1.82) is 0 Å². The van der Waals surface area contributed by atoms with Crippen LogP contribution in [-0.4, -0.2) is 53.4 Å². The van der Waals surface area contributed by atoms with E-state index in [4.69, 9.17) is 16.7 Å². The molecule has 26 heavy (non-hydrogen) atoms. The number of carboxylic acids is 1. The molecule has 1 aromatic rings. The van der Waals surface area contributed by atoms with E-state index in [1.165, 1.54) is 0 Å². The number of nitrogens with zero attached hydrogens (tertiary/aromatic N) is 3. The molecule has 1 aliphatic carbocycles. The normalized spacial score (nSPS) is 28.1. The maximum absolute atomic E-state index is 14.0. The average Bonchev–Trinajstić information content (AvgIpc) is 2.93. The van der Waals surface area contributed by atoms with E-state index in [1.54, 1.807) is 11.0 Å². The van der Waals surface area contributed by atoms with Gasteiger partial charge in [-0.25, -0.2) is 4.98 Å². The average molecular weight is 388 g/mol. The molecule has 1 aromatic heterocycles. The van der Waals surface area contributed by atoms with Gasteiger partial charge in [-0.2, -0.15) is 8.78 Å².